The van der Waals surface area contributed by atoms with Crippen molar-refractivity contribution < 1.29 is 13.9 Å². The number of hydrogen-bond acceptors (Lipinski definition) is 3. The molecule has 0 fully saturated rings. The second-order valence-electron chi connectivity index (χ2n) is 6.29. The molecule has 5 heteroatoms. The Morgan fingerprint density at radius 2 is 2.00 bits per heavy atom. The average molecular weight is 296 g/mol. The van der Waals surface area contributed by atoms with Crippen molar-refractivity contribution >= 4 is 11.8 Å². The highest BCUT2D eigenvalue weighted by Gasteiger charge is 2.19. The molecule has 1 amide bonds. The van der Waals surface area contributed by atoms with Crippen LogP contribution in [0.5, 0.6) is 0 Å². The quantitative estimate of drug-likeness (QED) is 0.865. The van der Waals surface area contributed by atoms with Gasteiger partial charge in [0.15, 0.2) is 0 Å². The third-order valence-corrected chi connectivity index (χ3v) is 3.12. The van der Waals surface area contributed by atoms with E-state index >= 15 is 0 Å². The molecule has 4 nitrogen and oxygen atoms in total. The Labute approximate surface area is 126 Å². The molecule has 1 aromatic rings. The summed E-state index contributed by atoms with van der Waals surface area (Å²) < 4.78 is 18.8. The van der Waals surface area contributed by atoms with Gasteiger partial charge in [-0.15, -0.1) is 0 Å². The van der Waals surface area contributed by atoms with E-state index in [1.165, 1.54) is 11.0 Å². The van der Waals surface area contributed by atoms with E-state index < -0.39 is 5.60 Å². The highest BCUT2D eigenvalue weighted by atomic mass is 19.1. The summed E-state index contributed by atoms with van der Waals surface area (Å²) in [6.45, 7) is 7.78. The van der Waals surface area contributed by atoms with Gasteiger partial charge < -0.3 is 15.4 Å². The summed E-state index contributed by atoms with van der Waals surface area (Å²) in [5.74, 6) is -0.287. The molecule has 118 valence electrons. The van der Waals surface area contributed by atoms with Crippen LogP contribution in [0, 0.1) is 12.7 Å². The minimum absolute atomic E-state index is 0.287. The molecule has 0 saturated carbocycles. The van der Waals surface area contributed by atoms with E-state index in [0.717, 1.165) is 12.0 Å². The fourth-order valence-electron chi connectivity index (χ4n) is 1.96. The van der Waals surface area contributed by atoms with Crippen LogP contribution in [0.25, 0.3) is 0 Å². The lowest BCUT2D eigenvalue weighted by Crippen LogP contribution is -2.34. The van der Waals surface area contributed by atoms with Gasteiger partial charge in [0.05, 0.1) is 0 Å². The van der Waals surface area contributed by atoms with Crippen LogP contribution in [0.1, 0.15) is 38.3 Å². The lowest BCUT2D eigenvalue weighted by atomic mass is 10.0. The molecule has 0 bridgehead atoms. The van der Waals surface area contributed by atoms with Crippen molar-refractivity contribution in [2.24, 2.45) is 0 Å². The summed E-state index contributed by atoms with van der Waals surface area (Å²) in [6, 6.07) is 3.11. The summed E-state index contributed by atoms with van der Waals surface area (Å²) >= 11 is 0. The number of aryl methyl sites for hydroxylation is 1. The van der Waals surface area contributed by atoms with Crippen LogP contribution in [0.3, 0.4) is 0 Å². The van der Waals surface area contributed by atoms with Gasteiger partial charge in [0.1, 0.15) is 11.4 Å². The molecule has 0 aliphatic carbocycles. The Hall–Kier alpha value is -1.78. The molecule has 1 aromatic carbocycles. The molecule has 0 aliphatic heterocycles. The standard InChI is InChI=1S/C16H25FN2O2/c1-11-12(9-13(18)10-14(11)17)7-6-8-19(5)15(20)21-16(2,3)4/h9-10H,6-8,18H2,1-5H3. The summed E-state index contributed by atoms with van der Waals surface area (Å²) in [7, 11) is 1.70. The predicted octanol–water partition coefficient (Wildman–Crippen LogP) is 3.52. The third-order valence-electron chi connectivity index (χ3n) is 3.12. The summed E-state index contributed by atoms with van der Waals surface area (Å²) in [5.41, 5.74) is 7.07. The number of halogens is 1. The molecule has 0 saturated heterocycles. The normalized spacial score (nSPS) is 11.3. The van der Waals surface area contributed by atoms with Crippen LogP contribution in [0.4, 0.5) is 14.9 Å². The molecule has 0 radical (unpaired) electrons. The summed E-state index contributed by atoms with van der Waals surface area (Å²) in [5, 5.41) is 0. The van der Waals surface area contributed by atoms with Gasteiger partial charge in [0.25, 0.3) is 0 Å². The van der Waals surface area contributed by atoms with E-state index in [4.69, 9.17) is 10.5 Å². The van der Waals surface area contributed by atoms with E-state index in [1.807, 2.05) is 20.8 Å². The van der Waals surface area contributed by atoms with Crippen molar-refractivity contribution in [3.05, 3.63) is 29.1 Å². The number of rotatable bonds is 4. The highest BCUT2D eigenvalue weighted by Crippen LogP contribution is 2.19. The van der Waals surface area contributed by atoms with Crippen LogP contribution in [-0.4, -0.2) is 30.2 Å². The first-order valence-corrected chi connectivity index (χ1v) is 7.09. The van der Waals surface area contributed by atoms with Crippen molar-refractivity contribution in [3.63, 3.8) is 0 Å². The van der Waals surface area contributed by atoms with Gasteiger partial charge in [-0.2, -0.15) is 0 Å². The van der Waals surface area contributed by atoms with E-state index in [2.05, 4.69) is 0 Å². The summed E-state index contributed by atoms with van der Waals surface area (Å²) in [6.07, 6.45) is 1.04. The molecule has 0 spiro atoms. The van der Waals surface area contributed by atoms with E-state index in [1.54, 1.807) is 20.0 Å². The first-order valence-electron chi connectivity index (χ1n) is 7.09. The SMILES string of the molecule is Cc1c(F)cc(N)cc1CCCN(C)C(=O)OC(C)(C)C. The minimum Gasteiger partial charge on any atom is -0.444 e. The molecular weight excluding hydrogens is 271 g/mol. The van der Waals surface area contributed by atoms with Crippen molar-refractivity contribution in [3.8, 4) is 0 Å². The molecule has 0 aliphatic rings. The van der Waals surface area contributed by atoms with E-state index in [-0.39, 0.29) is 11.9 Å². The molecule has 0 atom stereocenters. The van der Waals surface area contributed by atoms with Gasteiger partial charge in [0, 0.05) is 19.3 Å². The topological polar surface area (TPSA) is 55.6 Å². The molecule has 21 heavy (non-hydrogen) atoms. The second-order valence-corrected chi connectivity index (χ2v) is 6.29. The number of ether oxygens (including phenoxy) is 1. The minimum atomic E-state index is -0.501. The number of carbonyl (C=O) groups excluding carboxylic acids is 1. The van der Waals surface area contributed by atoms with Crippen LogP contribution >= 0.6 is 0 Å². The first-order chi connectivity index (χ1) is 9.60. The van der Waals surface area contributed by atoms with Crippen LogP contribution < -0.4 is 5.73 Å². The van der Waals surface area contributed by atoms with Crippen molar-refractivity contribution in [1.82, 2.24) is 4.90 Å². The number of carbonyl (C=O) groups is 1. The second kappa shape index (κ2) is 6.78. The van der Waals surface area contributed by atoms with Gasteiger partial charge in [-0.3, -0.25) is 0 Å². The fraction of sp³-hybridized carbons (Fsp3) is 0.562. The first kappa shape index (κ1) is 17.3. The number of nitrogen functional groups attached to an aromatic ring is 1. The number of nitrogens with zero attached hydrogens (tertiary/aromatic N) is 1. The maximum atomic E-state index is 13.6. The monoisotopic (exact) mass is 296 g/mol. The summed E-state index contributed by atoms with van der Waals surface area (Å²) in [4.78, 5) is 13.3. The molecule has 0 aromatic heterocycles. The third kappa shape index (κ3) is 5.61. The predicted molar refractivity (Wildman–Crippen MR) is 82.7 cm³/mol. The molecule has 1 rings (SSSR count). The number of benzene rings is 1. The van der Waals surface area contributed by atoms with Gasteiger partial charge in [-0.05, 0) is 63.8 Å². The van der Waals surface area contributed by atoms with Crippen molar-refractivity contribution in [1.29, 1.82) is 0 Å². The van der Waals surface area contributed by atoms with Crippen LogP contribution in [-0.2, 0) is 11.2 Å². The van der Waals surface area contributed by atoms with Gasteiger partial charge in [-0.1, -0.05) is 0 Å². The van der Waals surface area contributed by atoms with Crippen molar-refractivity contribution in [2.75, 3.05) is 19.3 Å². The van der Waals surface area contributed by atoms with Gasteiger partial charge in [-0.25, -0.2) is 9.18 Å². The average Bonchev–Trinajstić information content (AvgIpc) is 2.32. The molecular formula is C16H25FN2O2. The largest absolute Gasteiger partial charge is 0.444 e. The maximum Gasteiger partial charge on any atom is 0.410 e. The van der Waals surface area contributed by atoms with Crippen LogP contribution in [0.15, 0.2) is 12.1 Å². The molecule has 0 heterocycles. The van der Waals surface area contributed by atoms with Crippen molar-refractivity contribution in [2.45, 2.75) is 46.1 Å². The van der Waals surface area contributed by atoms with Crippen LogP contribution in [0.2, 0.25) is 0 Å². The molecule has 0 unspecified atom stereocenters. The Balaban J connectivity index is 2.52. The number of amides is 1. The number of hydrogen-bond donors (Lipinski definition) is 1. The fourth-order valence-corrected chi connectivity index (χ4v) is 1.96. The zero-order valence-electron chi connectivity index (χ0n) is 13.5. The zero-order chi connectivity index (χ0) is 16.2. The Kier molecular flexibility index (Phi) is 5.58. The smallest absolute Gasteiger partial charge is 0.410 e. The lowest BCUT2D eigenvalue weighted by molar-refractivity contribution is 0.0297. The van der Waals surface area contributed by atoms with E-state index in [0.29, 0.717) is 24.2 Å². The lowest BCUT2D eigenvalue weighted by Gasteiger charge is -2.24. The number of anilines is 1. The van der Waals surface area contributed by atoms with E-state index in [9.17, 15) is 9.18 Å². The zero-order valence-corrected chi connectivity index (χ0v) is 13.5. The maximum absolute atomic E-state index is 13.6. The van der Waals surface area contributed by atoms with Gasteiger partial charge in [0.2, 0.25) is 0 Å². The Morgan fingerprint density at radius 1 is 1.38 bits per heavy atom. The Bertz CT molecular complexity index is 510. The number of nitrogens with two attached hydrogens (primary N) is 1. The molecule has 2 N–H and O–H groups in total. The highest BCUT2D eigenvalue weighted by molar-refractivity contribution is 5.67. The van der Waals surface area contributed by atoms with Gasteiger partial charge >= 0.3 is 6.09 Å². The Morgan fingerprint density at radius 3 is 2.57 bits per heavy atom.